The maximum atomic E-state index is 12.2. The first-order chi connectivity index (χ1) is 18.3. The van der Waals surface area contributed by atoms with E-state index in [0.29, 0.717) is 19.6 Å². The summed E-state index contributed by atoms with van der Waals surface area (Å²) in [4.78, 5) is 45.6. The summed E-state index contributed by atoms with van der Waals surface area (Å²) in [7, 11) is 0. The van der Waals surface area contributed by atoms with Crippen LogP contribution in [0, 0.1) is 0 Å². The first kappa shape index (κ1) is 29.6. The quantitative estimate of drug-likeness (QED) is 0.412. The first-order valence-electron chi connectivity index (χ1n) is 13.6. The molecule has 5 heterocycles. The van der Waals surface area contributed by atoms with Gasteiger partial charge in [-0.1, -0.05) is 0 Å². The number of likely N-dealkylation sites (tertiary alicyclic amines) is 1. The molecule has 0 spiro atoms. The number of amides is 2. The Labute approximate surface area is 239 Å². The maximum Gasteiger partial charge on any atom is 0.410 e. The molecule has 0 bridgehead atoms. The lowest BCUT2D eigenvalue weighted by Crippen LogP contribution is -2.39. The second kappa shape index (κ2) is 12.0. The van der Waals surface area contributed by atoms with Gasteiger partial charge in [0.05, 0.1) is 18.0 Å². The lowest BCUT2D eigenvalue weighted by Gasteiger charge is -2.30. The summed E-state index contributed by atoms with van der Waals surface area (Å²) in [5, 5.41) is 0. The average Bonchev–Trinajstić information content (AvgIpc) is 3.41. The van der Waals surface area contributed by atoms with Crippen LogP contribution in [-0.4, -0.2) is 70.6 Å². The SMILES string of the molecule is CC(C)(C)OC(=O)N1CCc2sc(C=O)cc2C1.CC(C)(C)OC(=O)N1CCc2sc(CN3CCC3)cc2C1. The highest BCUT2D eigenvalue weighted by Gasteiger charge is 2.28. The van der Waals surface area contributed by atoms with Crippen molar-refractivity contribution in [3.05, 3.63) is 42.8 Å². The number of ether oxygens (including phenoxy) is 2. The van der Waals surface area contributed by atoms with Crippen LogP contribution in [0.3, 0.4) is 0 Å². The van der Waals surface area contributed by atoms with Gasteiger partial charge in [-0.2, -0.15) is 0 Å². The van der Waals surface area contributed by atoms with E-state index in [1.165, 1.54) is 51.0 Å². The van der Waals surface area contributed by atoms with Crippen LogP contribution in [0.2, 0.25) is 0 Å². The maximum absolute atomic E-state index is 12.2. The fraction of sp³-hybridized carbons (Fsp3) is 0.621. The molecule has 0 aliphatic carbocycles. The second-order valence-electron chi connectivity index (χ2n) is 12.3. The smallest absolute Gasteiger partial charge is 0.410 e. The summed E-state index contributed by atoms with van der Waals surface area (Å²) >= 11 is 3.43. The molecule has 0 atom stereocenters. The number of hydrogen-bond donors (Lipinski definition) is 0. The van der Waals surface area contributed by atoms with Gasteiger partial charge in [0.1, 0.15) is 11.2 Å². The summed E-state index contributed by atoms with van der Waals surface area (Å²) < 4.78 is 10.8. The zero-order chi connectivity index (χ0) is 28.4. The second-order valence-corrected chi connectivity index (χ2v) is 14.7. The van der Waals surface area contributed by atoms with Crippen molar-refractivity contribution >= 4 is 41.1 Å². The normalized spacial score (nSPS) is 17.3. The fourth-order valence-electron chi connectivity index (χ4n) is 4.61. The van der Waals surface area contributed by atoms with Crippen molar-refractivity contribution in [2.75, 3.05) is 26.2 Å². The molecular formula is C29H41N3O5S2. The highest BCUT2D eigenvalue weighted by molar-refractivity contribution is 7.13. The standard InChI is InChI=1S/C16H24N2O2S.C13H17NO3S/c1-16(2,3)20-15(19)18-8-5-14-12(10-18)9-13(21-14)11-17-6-4-7-17;1-13(2,3)17-12(16)14-5-4-11-9(7-14)6-10(8-15)18-11/h9H,4-8,10-11H2,1-3H3;6,8H,4-5,7H2,1-3H3. The van der Waals surface area contributed by atoms with Gasteiger partial charge in [0.2, 0.25) is 0 Å². The molecule has 8 nitrogen and oxygen atoms in total. The van der Waals surface area contributed by atoms with Crippen molar-refractivity contribution in [2.24, 2.45) is 0 Å². The molecule has 214 valence electrons. The molecule has 0 radical (unpaired) electrons. The third-order valence-corrected chi connectivity index (χ3v) is 8.94. The molecule has 39 heavy (non-hydrogen) atoms. The summed E-state index contributed by atoms with van der Waals surface area (Å²) in [6.07, 6.45) is 3.47. The number of rotatable bonds is 3. The van der Waals surface area contributed by atoms with Crippen molar-refractivity contribution in [3.8, 4) is 0 Å². The van der Waals surface area contributed by atoms with Gasteiger partial charge in [0.15, 0.2) is 6.29 Å². The molecule has 5 rings (SSSR count). The van der Waals surface area contributed by atoms with Gasteiger partial charge in [-0.05, 0) is 97.2 Å². The minimum Gasteiger partial charge on any atom is -0.444 e. The lowest BCUT2D eigenvalue weighted by molar-refractivity contribution is 0.0215. The van der Waals surface area contributed by atoms with Crippen molar-refractivity contribution in [3.63, 3.8) is 0 Å². The molecule has 0 N–H and O–H groups in total. The topological polar surface area (TPSA) is 79.4 Å². The van der Waals surface area contributed by atoms with E-state index in [-0.39, 0.29) is 12.2 Å². The van der Waals surface area contributed by atoms with Crippen LogP contribution in [0.4, 0.5) is 9.59 Å². The number of fused-ring (bicyclic) bond motifs is 2. The number of nitrogens with zero attached hydrogens (tertiary/aromatic N) is 3. The van der Waals surface area contributed by atoms with Crippen LogP contribution in [0.15, 0.2) is 12.1 Å². The van der Waals surface area contributed by atoms with Crippen molar-refractivity contribution in [1.29, 1.82) is 0 Å². The van der Waals surface area contributed by atoms with Crippen LogP contribution in [0.5, 0.6) is 0 Å². The molecule has 2 aromatic heterocycles. The van der Waals surface area contributed by atoms with Crippen molar-refractivity contribution < 1.29 is 23.9 Å². The highest BCUT2D eigenvalue weighted by atomic mass is 32.1. The average molecular weight is 576 g/mol. The Morgan fingerprint density at radius 3 is 1.79 bits per heavy atom. The van der Waals surface area contributed by atoms with E-state index >= 15 is 0 Å². The Kier molecular flexibility index (Phi) is 9.08. The summed E-state index contributed by atoms with van der Waals surface area (Å²) in [5.74, 6) is 0. The molecule has 1 fully saturated rings. The van der Waals surface area contributed by atoms with Gasteiger partial charge >= 0.3 is 12.2 Å². The Balaban J connectivity index is 0.000000183. The predicted molar refractivity (Wildman–Crippen MR) is 155 cm³/mol. The summed E-state index contributed by atoms with van der Waals surface area (Å²) in [6, 6.07) is 4.15. The van der Waals surface area contributed by atoms with Gasteiger partial charge in [-0.25, -0.2) is 9.59 Å². The van der Waals surface area contributed by atoms with Crippen LogP contribution >= 0.6 is 22.7 Å². The Morgan fingerprint density at radius 2 is 1.33 bits per heavy atom. The van der Waals surface area contributed by atoms with E-state index in [2.05, 4.69) is 11.0 Å². The Morgan fingerprint density at radius 1 is 0.821 bits per heavy atom. The molecule has 0 saturated carbocycles. The molecule has 10 heteroatoms. The van der Waals surface area contributed by atoms with Crippen LogP contribution in [0.1, 0.15) is 83.4 Å². The van der Waals surface area contributed by atoms with Gasteiger partial charge in [0.25, 0.3) is 0 Å². The number of carbonyl (C=O) groups excluding carboxylic acids is 3. The summed E-state index contributed by atoms with van der Waals surface area (Å²) in [6.45, 7) is 17.5. The van der Waals surface area contributed by atoms with Gasteiger partial charge in [-0.3, -0.25) is 9.69 Å². The van der Waals surface area contributed by atoms with Gasteiger partial charge < -0.3 is 19.3 Å². The zero-order valence-electron chi connectivity index (χ0n) is 24.0. The fourth-order valence-corrected chi connectivity index (χ4v) is 6.81. The van der Waals surface area contributed by atoms with Crippen molar-refractivity contribution in [1.82, 2.24) is 14.7 Å². The van der Waals surface area contributed by atoms with Crippen LogP contribution in [-0.2, 0) is 41.9 Å². The molecule has 2 amide bonds. The Bertz CT molecular complexity index is 1190. The van der Waals surface area contributed by atoms with Gasteiger partial charge in [-0.15, -0.1) is 22.7 Å². The molecule has 3 aliphatic heterocycles. The number of carbonyl (C=O) groups is 3. The molecular weight excluding hydrogens is 534 g/mol. The molecule has 0 aromatic carbocycles. The minimum absolute atomic E-state index is 0.191. The van der Waals surface area contributed by atoms with E-state index < -0.39 is 11.2 Å². The van der Waals surface area contributed by atoms with E-state index in [1.54, 1.807) is 4.90 Å². The lowest BCUT2D eigenvalue weighted by atomic mass is 10.1. The number of aldehydes is 1. The molecule has 2 aromatic rings. The van der Waals surface area contributed by atoms with E-state index in [1.807, 2.05) is 63.8 Å². The summed E-state index contributed by atoms with van der Waals surface area (Å²) in [5.41, 5.74) is 1.49. The predicted octanol–water partition coefficient (Wildman–Crippen LogP) is 6.10. The minimum atomic E-state index is -0.472. The zero-order valence-corrected chi connectivity index (χ0v) is 25.6. The van der Waals surface area contributed by atoms with E-state index in [9.17, 15) is 14.4 Å². The van der Waals surface area contributed by atoms with E-state index in [4.69, 9.17) is 9.47 Å². The number of thiophene rings is 2. The monoisotopic (exact) mass is 575 g/mol. The van der Waals surface area contributed by atoms with Crippen LogP contribution in [0.25, 0.3) is 0 Å². The van der Waals surface area contributed by atoms with Crippen LogP contribution < -0.4 is 0 Å². The highest BCUT2D eigenvalue weighted by Crippen LogP contribution is 2.31. The molecule has 0 unspecified atom stereocenters. The first-order valence-corrected chi connectivity index (χ1v) is 15.3. The third-order valence-electron chi connectivity index (χ3n) is 6.55. The molecule has 1 saturated heterocycles. The van der Waals surface area contributed by atoms with E-state index in [0.717, 1.165) is 42.7 Å². The molecule has 3 aliphatic rings. The number of hydrogen-bond acceptors (Lipinski definition) is 8. The largest absolute Gasteiger partial charge is 0.444 e. The Hall–Kier alpha value is -2.43. The van der Waals surface area contributed by atoms with Crippen molar-refractivity contribution in [2.45, 2.75) is 91.6 Å². The van der Waals surface area contributed by atoms with Gasteiger partial charge in [0, 0.05) is 34.3 Å². The third kappa shape index (κ3) is 8.28.